The van der Waals surface area contributed by atoms with Crippen molar-refractivity contribution in [2.75, 3.05) is 12.3 Å². The van der Waals surface area contributed by atoms with E-state index in [1.54, 1.807) is 6.92 Å². The van der Waals surface area contributed by atoms with E-state index in [9.17, 15) is 10.1 Å². The zero-order valence-electron chi connectivity index (χ0n) is 13.1. The van der Waals surface area contributed by atoms with Crippen LogP contribution in [0.25, 0.3) is 0 Å². The number of anilines is 1. The minimum Gasteiger partial charge on any atom is -0.465 e. The number of nitriles is 1. The lowest BCUT2D eigenvalue weighted by Gasteiger charge is -2.21. The Bertz CT molecular complexity index is 675. The molecule has 2 N–H and O–H groups in total. The molecule has 0 saturated carbocycles. The van der Waals surface area contributed by atoms with E-state index >= 15 is 0 Å². The van der Waals surface area contributed by atoms with Crippen LogP contribution in [-0.4, -0.2) is 12.6 Å². The molecule has 4 nitrogen and oxygen atoms in total. The molecule has 0 aromatic heterocycles. The van der Waals surface area contributed by atoms with Crippen LogP contribution < -0.4 is 5.73 Å². The first-order valence-electron chi connectivity index (χ1n) is 7.61. The first-order valence-corrected chi connectivity index (χ1v) is 7.61. The van der Waals surface area contributed by atoms with Crippen molar-refractivity contribution in [1.29, 1.82) is 5.26 Å². The van der Waals surface area contributed by atoms with Crippen molar-refractivity contribution in [1.82, 2.24) is 0 Å². The summed E-state index contributed by atoms with van der Waals surface area (Å²) in [6.07, 6.45) is 0.571. The number of nitrogens with two attached hydrogens (primary N) is 1. The molecule has 2 unspecified atom stereocenters. The fraction of sp³-hybridized carbons (Fsp3) is 0.263. The summed E-state index contributed by atoms with van der Waals surface area (Å²) < 4.78 is 5.07. The van der Waals surface area contributed by atoms with Crippen LogP contribution in [0, 0.1) is 17.2 Å². The van der Waals surface area contributed by atoms with Crippen molar-refractivity contribution in [3.8, 4) is 6.07 Å². The molecule has 0 bridgehead atoms. The van der Waals surface area contributed by atoms with Gasteiger partial charge in [0, 0.05) is 11.6 Å². The average molecular weight is 308 g/mol. The summed E-state index contributed by atoms with van der Waals surface area (Å²) in [5.74, 6) is -1.57. The van der Waals surface area contributed by atoms with Gasteiger partial charge in [-0.3, -0.25) is 4.79 Å². The van der Waals surface area contributed by atoms with Gasteiger partial charge in [0.15, 0.2) is 5.92 Å². The summed E-state index contributed by atoms with van der Waals surface area (Å²) in [6.45, 7) is 2.00. The van der Waals surface area contributed by atoms with E-state index in [-0.39, 0.29) is 12.5 Å². The quantitative estimate of drug-likeness (QED) is 0.656. The molecule has 4 heteroatoms. The van der Waals surface area contributed by atoms with Crippen molar-refractivity contribution in [2.45, 2.75) is 19.3 Å². The number of esters is 1. The summed E-state index contributed by atoms with van der Waals surface area (Å²) in [7, 11) is 0. The normalized spacial score (nSPS) is 12.9. The van der Waals surface area contributed by atoms with Crippen molar-refractivity contribution in [2.24, 2.45) is 5.92 Å². The number of hydrogen-bond acceptors (Lipinski definition) is 4. The predicted molar refractivity (Wildman–Crippen MR) is 89.5 cm³/mol. The summed E-state index contributed by atoms with van der Waals surface area (Å²) in [4.78, 5) is 12.2. The molecular formula is C19H20N2O2. The molecule has 2 aromatic carbocycles. The van der Waals surface area contributed by atoms with Crippen LogP contribution in [0.3, 0.4) is 0 Å². The first-order chi connectivity index (χ1) is 11.2. The number of nitrogen functional groups attached to an aromatic ring is 1. The first kappa shape index (κ1) is 16.6. The van der Waals surface area contributed by atoms with Gasteiger partial charge in [-0.1, -0.05) is 42.5 Å². The van der Waals surface area contributed by atoms with E-state index in [0.717, 1.165) is 11.1 Å². The van der Waals surface area contributed by atoms with Gasteiger partial charge >= 0.3 is 5.97 Å². The van der Waals surface area contributed by atoms with Crippen LogP contribution in [0.5, 0.6) is 0 Å². The number of carbonyl (C=O) groups excluding carboxylic acids is 1. The molecule has 0 aliphatic rings. The molecule has 0 radical (unpaired) electrons. The SMILES string of the molecule is CCOC(=O)C(C#N)C(Cc1ccc(N)cc1)c1ccccc1. The van der Waals surface area contributed by atoms with Gasteiger partial charge in [-0.2, -0.15) is 5.26 Å². The average Bonchev–Trinajstić information content (AvgIpc) is 2.57. The van der Waals surface area contributed by atoms with Crippen LogP contribution in [0.2, 0.25) is 0 Å². The highest BCUT2D eigenvalue weighted by Gasteiger charge is 2.31. The van der Waals surface area contributed by atoms with E-state index in [1.807, 2.05) is 54.6 Å². The molecule has 0 saturated heterocycles. The molecule has 0 amide bonds. The van der Waals surface area contributed by atoms with E-state index in [1.165, 1.54) is 0 Å². The fourth-order valence-electron chi connectivity index (χ4n) is 2.58. The van der Waals surface area contributed by atoms with Gasteiger partial charge in [0.25, 0.3) is 0 Å². The minimum absolute atomic E-state index is 0.260. The third kappa shape index (κ3) is 4.33. The standard InChI is InChI=1S/C19H20N2O2/c1-2-23-19(22)18(13-20)17(15-6-4-3-5-7-15)12-14-8-10-16(21)11-9-14/h3-11,17-18H,2,12,21H2,1H3. The Labute approximate surface area is 136 Å². The van der Waals surface area contributed by atoms with Crippen LogP contribution in [0.15, 0.2) is 54.6 Å². The van der Waals surface area contributed by atoms with Gasteiger partial charge in [-0.05, 0) is 36.6 Å². The lowest BCUT2D eigenvalue weighted by atomic mass is 9.82. The zero-order chi connectivity index (χ0) is 16.7. The lowest BCUT2D eigenvalue weighted by molar-refractivity contribution is -0.146. The van der Waals surface area contributed by atoms with Crippen LogP contribution in [0.4, 0.5) is 5.69 Å². The number of hydrogen-bond donors (Lipinski definition) is 1. The summed E-state index contributed by atoms with van der Waals surface area (Å²) in [6, 6.07) is 19.2. The van der Waals surface area contributed by atoms with E-state index in [4.69, 9.17) is 10.5 Å². The summed E-state index contributed by atoms with van der Waals surface area (Å²) in [5, 5.41) is 9.51. The summed E-state index contributed by atoms with van der Waals surface area (Å²) in [5.41, 5.74) is 8.38. The Morgan fingerprint density at radius 3 is 2.39 bits per heavy atom. The molecule has 23 heavy (non-hydrogen) atoms. The molecule has 2 aromatic rings. The summed E-state index contributed by atoms with van der Waals surface area (Å²) >= 11 is 0. The Morgan fingerprint density at radius 1 is 1.17 bits per heavy atom. The largest absolute Gasteiger partial charge is 0.465 e. The van der Waals surface area contributed by atoms with Crippen molar-refractivity contribution >= 4 is 11.7 Å². The molecule has 0 heterocycles. The zero-order valence-corrected chi connectivity index (χ0v) is 13.1. The lowest BCUT2D eigenvalue weighted by Crippen LogP contribution is -2.25. The molecule has 2 atom stereocenters. The molecule has 118 valence electrons. The number of carbonyl (C=O) groups is 1. The Balaban J connectivity index is 2.33. The number of ether oxygens (including phenoxy) is 1. The molecule has 0 aliphatic carbocycles. The maximum atomic E-state index is 12.2. The Morgan fingerprint density at radius 2 is 1.83 bits per heavy atom. The van der Waals surface area contributed by atoms with Gasteiger partial charge in [0.2, 0.25) is 0 Å². The van der Waals surface area contributed by atoms with Crippen molar-refractivity contribution in [3.63, 3.8) is 0 Å². The third-order valence-electron chi connectivity index (χ3n) is 3.75. The minimum atomic E-state index is -0.838. The smallest absolute Gasteiger partial charge is 0.323 e. The second kappa shape index (κ2) is 8.00. The Kier molecular flexibility index (Phi) is 5.76. The van der Waals surface area contributed by atoms with Gasteiger partial charge in [-0.25, -0.2) is 0 Å². The van der Waals surface area contributed by atoms with E-state index < -0.39 is 11.9 Å². The molecular weight excluding hydrogens is 288 g/mol. The monoisotopic (exact) mass is 308 g/mol. The van der Waals surface area contributed by atoms with Gasteiger partial charge in [-0.15, -0.1) is 0 Å². The number of benzene rings is 2. The highest BCUT2D eigenvalue weighted by Crippen LogP contribution is 2.30. The third-order valence-corrected chi connectivity index (χ3v) is 3.75. The second-order valence-electron chi connectivity index (χ2n) is 5.32. The maximum absolute atomic E-state index is 12.2. The highest BCUT2D eigenvalue weighted by atomic mass is 16.5. The fourth-order valence-corrected chi connectivity index (χ4v) is 2.58. The molecule has 0 spiro atoms. The maximum Gasteiger partial charge on any atom is 0.323 e. The van der Waals surface area contributed by atoms with Crippen molar-refractivity contribution in [3.05, 3.63) is 65.7 Å². The molecule has 2 rings (SSSR count). The second-order valence-corrected chi connectivity index (χ2v) is 5.32. The topological polar surface area (TPSA) is 76.1 Å². The van der Waals surface area contributed by atoms with Gasteiger partial charge in [0.05, 0.1) is 12.7 Å². The van der Waals surface area contributed by atoms with Crippen LogP contribution in [0.1, 0.15) is 24.0 Å². The number of nitrogens with zero attached hydrogens (tertiary/aromatic N) is 1. The van der Waals surface area contributed by atoms with E-state index in [0.29, 0.717) is 12.1 Å². The molecule has 0 aliphatic heterocycles. The van der Waals surface area contributed by atoms with Gasteiger partial charge < -0.3 is 10.5 Å². The van der Waals surface area contributed by atoms with Crippen molar-refractivity contribution < 1.29 is 9.53 Å². The Hall–Kier alpha value is -2.80. The molecule has 0 fully saturated rings. The van der Waals surface area contributed by atoms with Gasteiger partial charge in [0.1, 0.15) is 0 Å². The highest BCUT2D eigenvalue weighted by molar-refractivity contribution is 5.76. The predicted octanol–water partition coefficient (Wildman–Crippen LogP) is 3.30. The van der Waals surface area contributed by atoms with E-state index in [2.05, 4.69) is 6.07 Å². The van der Waals surface area contributed by atoms with Crippen LogP contribution in [-0.2, 0) is 16.0 Å². The number of rotatable bonds is 6. The van der Waals surface area contributed by atoms with Crippen LogP contribution >= 0.6 is 0 Å².